The van der Waals surface area contributed by atoms with Gasteiger partial charge in [0.15, 0.2) is 20.7 Å². The maximum atomic E-state index is 11.6. The molecule has 2 rings (SSSR count). The first kappa shape index (κ1) is 14.4. The predicted molar refractivity (Wildman–Crippen MR) is 76.0 cm³/mol. The summed E-state index contributed by atoms with van der Waals surface area (Å²) in [6, 6.07) is 0. The molecule has 1 aliphatic rings. The summed E-state index contributed by atoms with van der Waals surface area (Å²) in [6.07, 6.45) is 7.09. The molecule has 0 amide bonds. The van der Waals surface area contributed by atoms with E-state index in [4.69, 9.17) is 4.74 Å². The number of ether oxygens (including phenoxy) is 1. The molecule has 1 aliphatic heterocycles. The van der Waals surface area contributed by atoms with Crippen molar-refractivity contribution in [3.63, 3.8) is 0 Å². The number of hydrogen-bond acceptors (Lipinski definition) is 7. The molecule has 7 nitrogen and oxygen atoms in total. The van der Waals surface area contributed by atoms with Gasteiger partial charge in [0, 0.05) is 18.6 Å². The molecule has 0 aliphatic carbocycles. The summed E-state index contributed by atoms with van der Waals surface area (Å²) in [5.74, 6) is 0.961. The van der Waals surface area contributed by atoms with Gasteiger partial charge in [0.2, 0.25) is 5.88 Å². The predicted octanol–water partition coefficient (Wildman–Crippen LogP) is 0.964. The standard InChI is InChI=1S/C12H16N4O3S/c1-9(2)19-12-7-15-11(20(3,17)18)8-16(12)10-6-13-4-5-14-10/h4-7,9H,8H2,1-3H3. The van der Waals surface area contributed by atoms with Gasteiger partial charge in [-0.15, -0.1) is 0 Å². The van der Waals surface area contributed by atoms with E-state index in [-0.39, 0.29) is 17.7 Å². The van der Waals surface area contributed by atoms with Crippen LogP contribution in [0.4, 0.5) is 5.82 Å². The van der Waals surface area contributed by atoms with Crippen molar-refractivity contribution >= 4 is 20.7 Å². The molecule has 0 bridgehead atoms. The smallest absolute Gasteiger partial charge is 0.214 e. The number of aliphatic imine (C=N–C) groups is 1. The van der Waals surface area contributed by atoms with Gasteiger partial charge in [0.1, 0.15) is 0 Å². The molecule has 1 aromatic rings. The minimum Gasteiger partial charge on any atom is -0.475 e. The highest BCUT2D eigenvalue weighted by Crippen LogP contribution is 2.21. The van der Waals surface area contributed by atoms with E-state index < -0.39 is 9.84 Å². The molecule has 2 heterocycles. The lowest BCUT2D eigenvalue weighted by atomic mass is 10.4. The molecular weight excluding hydrogens is 280 g/mol. The summed E-state index contributed by atoms with van der Waals surface area (Å²) >= 11 is 0. The van der Waals surface area contributed by atoms with Crippen LogP contribution in [0.5, 0.6) is 0 Å². The first-order valence-electron chi connectivity index (χ1n) is 6.05. The largest absolute Gasteiger partial charge is 0.475 e. The van der Waals surface area contributed by atoms with Gasteiger partial charge >= 0.3 is 0 Å². The third-order valence-corrected chi connectivity index (χ3v) is 3.58. The summed E-state index contributed by atoms with van der Waals surface area (Å²) in [7, 11) is -3.36. The number of hydrogen-bond donors (Lipinski definition) is 0. The van der Waals surface area contributed by atoms with Crippen molar-refractivity contribution in [1.29, 1.82) is 0 Å². The maximum Gasteiger partial charge on any atom is 0.214 e. The minimum absolute atomic E-state index is 0.0598. The SMILES string of the molecule is CC(C)OC1=CN=C(S(C)(=O)=O)CN1c1cnccn1. The Kier molecular flexibility index (Phi) is 4.03. The second-order valence-electron chi connectivity index (χ2n) is 4.58. The Morgan fingerprint density at radius 1 is 1.35 bits per heavy atom. The van der Waals surface area contributed by atoms with Crippen LogP contribution in [0.15, 0.2) is 35.7 Å². The summed E-state index contributed by atoms with van der Waals surface area (Å²) in [5, 5.41) is 0.0688. The fraction of sp³-hybridized carbons (Fsp3) is 0.417. The van der Waals surface area contributed by atoms with E-state index in [1.165, 1.54) is 12.4 Å². The second-order valence-corrected chi connectivity index (χ2v) is 6.59. The molecule has 0 saturated heterocycles. The summed E-state index contributed by atoms with van der Waals surface area (Å²) in [5.41, 5.74) is 0. The molecule has 0 fully saturated rings. The zero-order valence-corrected chi connectivity index (χ0v) is 12.3. The van der Waals surface area contributed by atoms with Crippen molar-refractivity contribution in [3.8, 4) is 0 Å². The summed E-state index contributed by atoms with van der Waals surface area (Å²) in [6.45, 7) is 3.84. The second kappa shape index (κ2) is 5.58. The van der Waals surface area contributed by atoms with E-state index >= 15 is 0 Å². The Hall–Kier alpha value is -1.96. The highest BCUT2D eigenvalue weighted by Gasteiger charge is 2.26. The van der Waals surface area contributed by atoms with Gasteiger partial charge in [-0.25, -0.2) is 18.4 Å². The molecule has 20 heavy (non-hydrogen) atoms. The van der Waals surface area contributed by atoms with E-state index in [1.807, 2.05) is 13.8 Å². The van der Waals surface area contributed by atoms with Crippen LogP contribution in [0.3, 0.4) is 0 Å². The normalized spacial score (nSPS) is 15.9. The average molecular weight is 296 g/mol. The first-order valence-corrected chi connectivity index (χ1v) is 7.94. The van der Waals surface area contributed by atoms with Crippen LogP contribution in [0.25, 0.3) is 0 Å². The van der Waals surface area contributed by atoms with Gasteiger partial charge in [0.05, 0.1) is 25.0 Å². The molecule has 1 aromatic heterocycles. The van der Waals surface area contributed by atoms with Gasteiger partial charge in [-0.2, -0.15) is 0 Å². The number of aromatic nitrogens is 2. The van der Waals surface area contributed by atoms with Crippen LogP contribution >= 0.6 is 0 Å². The van der Waals surface area contributed by atoms with Crippen LogP contribution in [0.2, 0.25) is 0 Å². The Labute approximate surface area is 117 Å². The molecule has 0 N–H and O–H groups in total. The number of sulfone groups is 1. The molecule has 8 heteroatoms. The lowest BCUT2D eigenvalue weighted by Gasteiger charge is -2.29. The van der Waals surface area contributed by atoms with Crippen molar-refractivity contribution in [2.75, 3.05) is 17.7 Å². The first-order chi connectivity index (χ1) is 9.38. The Morgan fingerprint density at radius 3 is 2.65 bits per heavy atom. The maximum absolute atomic E-state index is 11.6. The zero-order chi connectivity index (χ0) is 14.8. The fourth-order valence-electron chi connectivity index (χ4n) is 1.62. The highest BCUT2D eigenvalue weighted by atomic mass is 32.2. The van der Waals surface area contributed by atoms with E-state index in [9.17, 15) is 8.42 Å². The Morgan fingerprint density at radius 2 is 2.10 bits per heavy atom. The number of anilines is 1. The molecule has 0 spiro atoms. The van der Waals surface area contributed by atoms with Gasteiger partial charge in [-0.3, -0.25) is 9.88 Å². The third-order valence-electron chi connectivity index (χ3n) is 2.49. The van der Waals surface area contributed by atoms with Gasteiger partial charge in [0.25, 0.3) is 0 Å². The quantitative estimate of drug-likeness (QED) is 0.826. The number of nitrogens with zero attached hydrogens (tertiary/aromatic N) is 4. The molecule has 0 aromatic carbocycles. The van der Waals surface area contributed by atoms with Crippen LogP contribution in [0.1, 0.15) is 13.8 Å². The zero-order valence-electron chi connectivity index (χ0n) is 11.5. The van der Waals surface area contributed by atoms with Gasteiger partial charge in [-0.1, -0.05) is 0 Å². The van der Waals surface area contributed by atoms with E-state index in [0.29, 0.717) is 11.7 Å². The van der Waals surface area contributed by atoms with Gasteiger partial charge < -0.3 is 4.74 Å². The minimum atomic E-state index is -3.36. The highest BCUT2D eigenvalue weighted by molar-refractivity contribution is 8.05. The molecule has 0 saturated carbocycles. The van der Waals surface area contributed by atoms with E-state index in [2.05, 4.69) is 15.0 Å². The van der Waals surface area contributed by atoms with Crippen LogP contribution in [-0.2, 0) is 14.6 Å². The van der Waals surface area contributed by atoms with E-state index in [1.54, 1.807) is 17.3 Å². The molecule has 108 valence electrons. The van der Waals surface area contributed by atoms with Crippen molar-refractivity contribution in [2.45, 2.75) is 20.0 Å². The van der Waals surface area contributed by atoms with Crippen molar-refractivity contribution in [3.05, 3.63) is 30.7 Å². The molecule has 0 unspecified atom stereocenters. The average Bonchev–Trinajstić information content (AvgIpc) is 2.38. The van der Waals surface area contributed by atoms with Crippen molar-refractivity contribution in [1.82, 2.24) is 9.97 Å². The fourth-order valence-corrected chi connectivity index (χ4v) is 2.23. The van der Waals surface area contributed by atoms with Crippen molar-refractivity contribution < 1.29 is 13.2 Å². The van der Waals surface area contributed by atoms with Crippen molar-refractivity contribution in [2.24, 2.45) is 4.99 Å². The van der Waals surface area contributed by atoms with Gasteiger partial charge in [-0.05, 0) is 13.8 Å². The summed E-state index contributed by atoms with van der Waals surface area (Å²) < 4.78 is 28.9. The third kappa shape index (κ3) is 3.32. The lowest BCUT2D eigenvalue weighted by Crippen LogP contribution is -2.37. The Balaban J connectivity index is 2.39. The topological polar surface area (TPSA) is 84.8 Å². The lowest BCUT2D eigenvalue weighted by molar-refractivity contribution is 0.140. The molecular formula is C12H16N4O3S. The van der Waals surface area contributed by atoms with Crippen LogP contribution in [-0.4, -0.2) is 42.3 Å². The van der Waals surface area contributed by atoms with Crippen LogP contribution < -0.4 is 4.90 Å². The molecule has 0 radical (unpaired) electrons. The molecule has 0 atom stereocenters. The van der Waals surface area contributed by atoms with E-state index in [0.717, 1.165) is 6.26 Å². The number of rotatable bonds is 3. The monoisotopic (exact) mass is 296 g/mol. The summed E-state index contributed by atoms with van der Waals surface area (Å²) in [4.78, 5) is 13.8. The van der Waals surface area contributed by atoms with Crippen LogP contribution in [0, 0.1) is 0 Å². The Bertz CT molecular complexity index is 638.